The van der Waals surface area contributed by atoms with Gasteiger partial charge in [0.15, 0.2) is 11.5 Å². The van der Waals surface area contributed by atoms with E-state index in [-0.39, 0.29) is 52.5 Å². The number of nitrogens with one attached hydrogen (secondary N) is 1. The molecule has 0 saturated heterocycles. The fourth-order valence-corrected chi connectivity index (χ4v) is 5.64. The van der Waals surface area contributed by atoms with Crippen LogP contribution in [0.3, 0.4) is 0 Å². The molecule has 3 aromatic rings. The van der Waals surface area contributed by atoms with Crippen molar-refractivity contribution in [3.63, 3.8) is 0 Å². The normalized spacial score (nSPS) is 23.5. The minimum absolute atomic E-state index is 0.0240. The van der Waals surface area contributed by atoms with Gasteiger partial charge in [-0.2, -0.15) is 0 Å². The third kappa shape index (κ3) is 4.64. The largest absolute Gasteiger partial charge is 0.573 e. The van der Waals surface area contributed by atoms with Crippen molar-refractivity contribution in [2.24, 2.45) is 5.92 Å². The predicted octanol–water partition coefficient (Wildman–Crippen LogP) is 3.27. The SMILES string of the molecule is C[C@@H](C1CC1)N1Cc2cc(-c3ccn4nc(N)c(C(=O)N[C@H]5C[C@@](C)(O)C5)c4n3)cc(OC(F)(F)F)c2C1=O. The summed E-state index contributed by atoms with van der Waals surface area (Å²) in [4.78, 5) is 32.3. The Kier molecular flexibility index (Phi) is 5.58. The van der Waals surface area contributed by atoms with Gasteiger partial charge in [0.1, 0.15) is 11.3 Å². The first kappa shape index (κ1) is 25.4. The third-order valence-corrected chi connectivity index (χ3v) is 7.76. The Morgan fingerprint density at radius 1 is 1.31 bits per heavy atom. The Morgan fingerprint density at radius 3 is 2.67 bits per heavy atom. The molecule has 3 aliphatic rings. The van der Waals surface area contributed by atoms with Crippen LogP contribution < -0.4 is 15.8 Å². The molecule has 0 radical (unpaired) electrons. The number of carbonyl (C=O) groups is 2. The maximum absolute atomic E-state index is 13.4. The van der Waals surface area contributed by atoms with E-state index >= 15 is 0 Å². The summed E-state index contributed by atoms with van der Waals surface area (Å²) in [5.74, 6) is -1.32. The fraction of sp³-hybridized carbons (Fsp3) is 0.462. The summed E-state index contributed by atoms with van der Waals surface area (Å²) in [5.41, 5.74) is 6.16. The molecule has 1 atom stereocenters. The summed E-state index contributed by atoms with van der Waals surface area (Å²) < 4.78 is 45.7. The number of rotatable bonds is 6. The lowest BCUT2D eigenvalue weighted by atomic mass is 9.77. The molecule has 3 heterocycles. The zero-order chi connectivity index (χ0) is 27.9. The van der Waals surface area contributed by atoms with Crippen molar-refractivity contribution in [1.29, 1.82) is 0 Å². The van der Waals surface area contributed by atoms with Crippen LogP contribution >= 0.6 is 0 Å². The highest BCUT2D eigenvalue weighted by Crippen LogP contribution is 2.42. The summed E-state index contributed by atoms with van der Waals surface area (Å²) in [5, 5.41) is 16.9. The average Bonchev–Trinajstić information content (AvgIpc) is 3.53. The molecule has 2 amide bonds. The Labute approximate surface area is 220 Å². The second-order valence-corrected chi connectivity index (χ2v) is 11.0. The number of ether oxygens (including phenoxy) is 1. The van der Waals surface area contributed by atoms with E-state index in [0.717, 1.165) is 18.9 Å². The maximum Gasteiger partial charge on any atom is 0.573 e. The highest BCUT2D eigenvalue weighted by atomic mass is 19.4. The number of amides is 2. The summed E-state index contributed by atoms with van der Waals surface area (Å²) in [7, 11) is 0. The molecular weight excluding hydrogens is 517 g/mol. The van der Waals surface area contributed by atoms with Crippen molar-refractivity contribution in [3.8, 4) is 17.0 Å². The van der Waals surface area contributed by atoms with Crippen LogP contribution in [0.15, 0.2) is 24.4 Å². The number of aliphatic hydroxyl groups is 1. The van der Waals surface area contributed by atoms with E-state index in [1.807, 2.05) is 6.92 Å². The standard InChI is InChI=1S/C26H27F3N6O4/c1-12(13-3-4-13)34-11-15-7-14(8-18(19(15)24(34)37)39-26(27,28)29)17-5-6-35-22(32-17)20(21(30)33-35)23(36)31-16-9-25(2,38)10-16/h5-8,12-13,16,38H,3-4,9-11H2,1-2H3,(H2,30,33)(H,31,36)/t12-,16-,25+/m0/s1. The Balaban J connectivity index is 1.38. The molecule has 0 spiro atoms. The highest BCUT2D eigenvalue weighted by Gasteiger charge is 2.43. The second-order valence-electron chi connectivity index (χ2n) is 11.0. The van der Waals surface area contributed by atoms with E-state index in [0.29, 0.717) is 24.3 Å². The zero-order valence-electron chi connectivity index (χ0n) is 21.2. The number of nitrogens with two attached hydrogens (primary N) is 1. The quantitative estimate of drug-likeness (QED) is 0.434. The molecule has 2 fully saturated rings. The molecule has 2 aromatic heterocycles. The van der Waals surface area contributed by atoms with Crippen LogP contribution in [-0.4, -0.2) is 60.5 Å². The molecular formula is C26H27F3N6O4. The maximum atomic E-state index is 13.4. The molecule has 1 aliphatic heterocycles. The van der Waals surface area contributed by atoms with E-state index in [1.54, 1.807) is 17.9 Å². The number of anilines is 1. The van der Waals surface area contributed by atoms with Crippen LogP contribution in [0.1, 0.15) is 65.8 Å². The van der Waals surface area contributed by atoms with Crippen molar-refractivity contribution in [2.45, 2.75) is 70.1 Å². The van der Waals surface area contributed by atoms with Crippen LogP contribution in [0.4, 0.5) is 19.0 Å². The molecule has 39 heavy (non-hydrogen) atoms. The molecule has 10 nitrogen and oxygen atoms in total. The van der Waals surface area contributed by atoms with Crippen LogP contribution in [-0.2, 0) is 6.54 Å². The Morgan fingerprint density at radius 2 is 2.03 bits per heavy atom. The van der Waals surface area contributed by atoms with Crippen molar-refractivity contribution in [2.75, 3.05) is 5.73 Å². The Hall–Kier alpha value is -3.87. The number of carbonyl (C=O) groups excluding carboxylic acids is 2. The predicted molar refractivity (Wildman–Crippen MR) is 133 cm³/mol. The number of hydrogen-bond donors (Lipinski definition) is 3. The van der Waals surface area contributed by atoms with E-state index in [9.17, 15) is 27.9 Å². The Bertz CT molecular complexity index is 1510. The first-order valence-corrected chi connectivity index (χ1v) is 12.7. The van der Waals surface area contributed by atoms with Crippen molar-refractivity contribution in [1.82, 2.24) is 24.8 Å². The number of fused-ring (bicyclic) bond motifs is 2. The van der Waals surface area contributed by atoms with Gasteiger partial charge in [0.25, 0.3) is 11.8 Å². The lowest BCUT2D eigenvalue weighted by molar-refractivity contribution is -0.274. The minimum atomic E-state index is -5.00. The molecule has 206 valence electrons. The molecule has 2 saturated carbocycles. The number of alkyl halides is 3. The van der Waals surface area contributed by atoms with Crippen molar-refractivity contribution in [3.05, 3.63) is 41.1 Å². The molecule has 2 aliphatic carbocycles. The van der Waals surface area contributed by atoms with Gasteiger partial charge in [-0.3, -0.25) is 9.59 Å². The van der Waals surface area contributed by atoms with Crippen LogP contribution in [0, 0.1) is 5.92 Å². The van der Waals surface area contributed by atoms with Gasteiger partial charge in [-0.05, 0) is 69.2 Å². The van der Waals surface area contributed by atoms with E-state index in [4.69, 9.17) is 5.73 Å². The molecule has 0 unspecified atom stereocenters. The second kappa shape index (κ2) is 8.57. The number of halogens is 3. The molecule has 1 aromatic carbocycles. The molecule has 13 heteroatoms. The molecule has 4 N–H and O–H groups in total. The van der Waals surface area contributed by atoms with Crippen LogP contribution in [0.5, 0.6) is 5.75 Å². The number of nitrogens with zero attached hydrogens (tertiary/aromatic N) is 4. The van der Waals surface area contributed by atoms with Crippen molar-refractivity contribution >= 4 is 23.3 Å². The highest BCUT2D eigenvalue weighted by molar-refractivity contribution is 6.05. The summed E-state index contributed by atoms with van der Waals surface area (Å²) in [6.07, 6.45) is -0.759. The smallest absolute Gasteiger partial charge is 0.405 e. The van der Waals surface area contributed by atoms with Gasteiger partial charge >= 0.3 is 6.36 Å². The van der Waals surface area contributed by atoms with Gasteiger partial charge in [-0.15, -0.1) is 18.3 Å². The van der Waals surface area contributed by atoms with Gasteiger partial charge in [0.05, 0.1) is 16.9 Å². The topological polar surface area (TPSA) is 135 Å². The van der Waals surface area contributed by atoms with E-state index < -0.39 is 29.5 Å². The molecule has 6 rings (SSSR count). The number of nitrogen functional groups attached to an aromatic ring is 1. The first-order chi connectivity index (χ1) is 18.3. The van der Waals surface area contributed by atoms with Crippen molar-refractivity contribution < 1.29 is 32.6 Å². The number of benzene rings is 1. The minimum Gasteiger partial charge on any atom is -0.405 e. The fourth-order valence-electron chi connectivity index (χ4n) is 5.64. The van der Waals surface area contributed by atoms with Gasteiger partial charge in [0.2, 0.25) is 0 Å². The monoisotopic (exact) mass is 544 g/mol. The summed E-state index contributed by atoms with van der Waals surface area (Å²) >= 11 is 0. The summed E-state index contributed by atoms with van der Waals surface area (Å²) in [6.45, 7) is 3.75. The van der Waals surface area contributed by atoms with Gasteiger partial charge in [-0.25, -0.2) is 9.50 Å². The van der Waals surface area contributed by atoms with Crippen LogP contribution in [0.25, 0.3) is 16.9 Å². The first-order valence-electron chi connectivity index (χ1n) is 12.7. The number of aromatic nitrogens is 3. The van der Waals surface area contributed by atoms with Gasteiger partial charge in [-0.1, -0.05) is 0 Å². The molecule has 0 bridgehead atoms. The third-order valence-electron chi connectivity index (χ3n) is 7.76. The average molecular weight is 545 g/mol. The van der Waals surface area contributed by atoms with Crippen LogP contribution in [0.2, 0.25) is 0 Å². The lowest BCUT2D eigenvalue weighted by Gasteiger charge is -2.41. The van der Waals surface area contributed by atoms with Gasteiger partial charge < -0.3 is 25.8 Å². The van der Waals surface area contributed by atoms with E-state index in [1.165, 1.54) is 16.8 Å². The lowest BCUT2D eigenvalue weighted by Crippen LogP contribution is -2.53. The zero-order valence-corrected chi connectivity index (χ0v) is 21.2. The van der Waals surface area contributed by atoms with Gasteiger partial charge in [0, 0.05) is 30.4 Å². The summed E-state index contributed by atoms with van der Waals surface area (Å²) in [6, 6.07) is 3.97. The number of hydrogen-bond acceptors (Lipinski definition) is 7. The van der Waals surface area contributed by atoms with E-state index in [2.05, 4.69) is 20.1 Å².